The third kappa shape index (κ3) is 3.02. The molecule has 1 saturated carbocycles. The maximum Gasteiger partial charge on any atom is 0.349 e. The molecule has 1 amide bonds. The van der Waals surface area contributed by atoms with Crippen molar-refractivity contribution in [1.82, 2.24) is 5.32 Å². The van der Waals surface area contributed by atoms with Crippen LogP contribution in [-0.4, -0.2) is 17.6 Å². The number of carbonyl (C=O) groups excluding carboxylic acids is 1. The molecule has 1 fully saturated rings. The monoisotopic (exact) mass is 349 g/mol. The predicted octanol–water partition coefficient (Wildman–Crippen LogP) is 2.82. The van der Waals surface area contributed by atoms with Gasteiger partial charge < -0.3 is 14.8 Å². The van der Waals surface area contributed by atoms with Crippen molar-refractivity contribution in [3.63, 3.8) is 0 Å². The van der Waals surface area contributed by atoms with Crippen molar-refractivity contribution in [3.8, 4) is 0 Å². The molecule has 1 aliphatic rings. The highest BCUT2D eigenvalue weighted by Crippen LogP contribution is 2.45. The summed E-state index contributed by atoms with van der Waals surface area (Å²) in [5, 5.41) is 14.5. The minimum absolute atomic E-state index is 0.0484. The average Bonchev–Trinajstić information content (AvgIpc) is 3.52. The molecule has 5 heteroatoms. The maximum absolute atomic E-state index is 12.5. The van der Waals surface area contributed by atoms with Gasteiger partial charge in [-0.1, -0.05) is 48.5 Å². The number of rotatable bonds is 5. The molecule has 132 valence electrons. The molecule has 0 aliphatic heterocycles. The number of carbonyl (C=O) groups is 1. The standard InChI is InChI=1S/C21H19NO4/c23-19(17-12-14-6-4-5-9-18(14)26-20(17)24)22-13-21(25,16-10-11-16)15-7-2-1-3-8-15/h1-9,12,16,25H,10-11,13H2,(H,22,23)/t21-/m0/s1. The number of para-hydroxylation sites is 1. The first kappa shape index (κ1) is 16.5. The number of aliphatic hydroxyl groups is 1. The number of fused-ring (bicyclic) bond motifs is 1. The van der Waals surface area contributed by atoms with Gasteiger partial charge in [0.25, 0.3) is 5.91 Å². The fourth-order valence-corrected chi connectivity index (χ4v) is 3.30. The van der Waals surface area contributed by atoms with E-state index in [2.05, 4.69) is 5.32 Å². The van der Waals surface area contributed by atoms with Crippen LogP contribution in [0, 0.1) is 5.92 Å². The Labute approximate surface area is 150 Å². The first-order chi connectivity index (χ1) is 12.6. The van der Waals surface area contributed by atoms with Crippen molar-refractivity contribution in [2.45, 2.75) is 18.4 Å². The van der Waals surface area contributed by atoms with Gasteiger partial charge in [0.2, 0.25) is 0 Å². The van der Waals surface area contributed by atoms with Crippen LogP contribution in [0.25, 0.3) is 11.0 Å². The van der Waals surface area contributed by atoms with Gasteiger partial charge in [-0.25, -0.2) is 4.79 Å². The van der Waals surface area contributed by atoms with Crippen LogP contribution in [0.2, 0.25) is 0 Å². The van der Waals surface area contributed by atoms with E-state index in [9.17, 15) is 14.7 Å². The van der Waals surface area contributed by atoms with Gasteiger partial charge in [0, 0.05) is 5.39 Å². The lowest BCUT2D eigenvalue weighted by Gasteiger charge is -2.29. The summed E-state index contributed by atoms with van der Waals surface area (Å²) in [7, 11) is 0. The summed E-state index contributed by atoms with van der Waals surface area (Å²) in [4.78, 5) is 24.7. The van der Waals surface area contributed by atoms with Crippen molar-refractivity contribution in [3.05, 3.63) is 82.2 Å². The second-order valence-corrected chi connectivity index (χ2v) is 6.73. The third-order valence-corrected chi connectivity index (χ3v) is 4.93. The predicted molar refractivity (Wildman–Crippen MR) is 97.9 cm³/mol. The molecule has 5 nitrogen and oxygen atoms in total. The molecular weight excluding hydrogens is 330 g/mol. The van der Waals surface area contributed by atoms with Crippen molar-refractivity contribution in [1.29, 1.82) is 0 Å². The van der Waals surface area contributed by atoms with E-state index in [1.165, 1.54) is 6.07 Å². The molecule has 1 aliphatic carbocycles. The van der Waals surface area contributed by atoms with Crippen LogP contribution in [0.4, 0.5) is 0 Å². The van der Waals surface area contributed by atoms with Gasteiger partial charge in [-0.2, -0.15) is 0 Å². The summed E-state index contributed by atoms with van der Waals surface area (Å²) in [5.74, 6) is -0.433. The Hall–Kier alpha value is -2.92. The van der Waals surface area contributed by atoms with E-state index in [4.69, 9.17) is 4.42 Å². The minimum atomic E-state index is -1.13. The minimum Gasteiger partial charge on any atom is -0.422 e. The molecule has 3 aromatic rings. The fraction of sp³-hybridized carbons (Fsp3) is 0.238. The van der Waals surface area contributed by atoms with Gasteiger partial charge in [0.15, 0.2) is 0 Å². The molecule has 1 heterocycles. The van der Waals surface area contributed by atoms with Crippen LogP contribution in [0.1, 0.15) is 28.8 Å². The Morgan fingerprint density at radius 1 is 1.12 bits per heavy atom. The van der Waals surface area contributed by atoms with Crippen molar-refractivity contribution >= 4 is 16.9 Å². The molecule has 26 heavy (non-hydrogen) atoms. The molecule has 0 radical (unpaired) electrons. The van der Waals surface area contributed by atoms with E-state index in [0.717, 1.165) is 18.4 Å². The summed E-state index contributed by atoms with van der Waals surface area (Å²) in [5.41, 5.74) is -0.666. The Balaban J connectivity index is 1.58. The molecule has 1 aromatic heterocycles. The normalized spacial score (nSPS) is 16.2. The van der Waals surface area contributed by atoms with Crippen LogP contribution in [0.15, 0.2) is 69.9 Å². The van der Waals surface area contributed by atoms with Crippen molar-refractivity contribution < 1.29 is 14.3 Å². The zero-order valence-electron chi connectivity index (χ0n) is 14.1. The first-order valence-electron chi connectivity index (χ1n) is 8.67. The summed E-state index contributed by atoms with van der Waals surface area (Å²) >= 11 is 0. The second-order valence-electron chi connectivity index (χ2n) is 6.73. The van der Waals surface area contributed by atoms with Crippen LogP contribution in [0.5, 0.6) is 0 Å². The number of hydrogen-bond acceptors (Lipinski definition) is 4. The van der Waals surface area contributed by atoms with E-state index in [-0.39, 0.29) is 18.0 Å². The van der Waals surface area contributed by atoms with E-state index in [1.807, 2.05) is 36.4 Å². The third-order valence-electron chi connectivity index (χ3n) is 4.93. The average molecular weight is 349 g/mol. The smallest absolute Gasteiger partial charge is 0.349 e. The topological polar surface area (TPSA) is 79.5 Å². The van der Waals surface area contributed by atoms with Crippen LogP contribution < -0.4 is 10.9 Å². The van der Waals surface area contributed by atoms with Crippen molar-refractivity contribution in [2.75, 3.05) is 6.54 Å². The fourth-order valence-electron chi connectivity index (χ4n) is 3.30. The van der Waals surface area contributed by atoms with Gasteiger partial charge in [0.1, 0.15) is 16.7 Å². The molecule has 2 N–H and O–H groups in total. The lowest BCUT2D eigenvalue weighted by atomic mass is 9.88. The Morgan fingerprint density at radius 2 is 1.81 bits per heavy atom. The first-order valence-corrected chi connectivity index (χ1v) is 8.67. The quantitative estimate of drug-likeness (QED) is 0.694. The van der Waals surface area contributed by atoms with E-state index >= 15 is 0 Å². The summed E-state index contributed by atoms with van der Waals surface area (Å²) in [6.45, 7) is 0.0484. The highest BCUT2D eigenvalue weighted by Gasteiger charge is 2.45. The van der Waals surface area contributed by atoms with Crippen LogP contribution >= 0.6 is 0 Å². The van der Waals surface area contributed by atoms with E-state index in [0.29, 0.717) is 11.0 Å². The maximum atomic E-state index is 12.5. The zero-order chi connectivity index (χ0) is 18.1. The summed E-state index contributed by atoms with van der Waals surface area (Å²) in [6.07, 6.45) is 1.83. The molecule has 0 bridgehead atoms. The van der Waals surface area contributed by atoms with E-state index < -0.39 is 17.1 Å². The van der Waals surface area contributed by atoms with Gasteiger partial charge in [-0.3, -0.25) is 4.79 Å². The number of nitrogens with one attached hydrogen (secondary N) is 1. The number of benzene rings is 2. The largest absolute Gasteiger partial charge is 0.422 e. The van der Waals surface area contributed by atoms with Gasteiger partial charge in [0.05, 0.1) is 6.54 Å². The summed E-state index contributed by atoms with van der Waals surface area (Å²) < 4.78 is 5.21. The number of hydrogen-bond donors (Lipinski definition) is 2. The molecule has 4 rings (SSSR count). The van der Waals surface area contributed by atoms with Gasteiger partial charge in [-0.15, -0.1) is 0 Å². The molecule has 1 atom stereocenters. The second kappa shape index (κ2) is 6.42. The Kier molecular flexibility index (Phi) is 4.09. The molecule has 0 spiro atoms. The van der Waals surface area contributed by atoms with Crippen LogP contribution in [-0.2, 0) is 5.60 Å². The highest BCUT2D eigenvalue weighted by molar-refractivity contribution is 5.96. The lowest BCUT2D eigenvalue weighted by molar-refractivity contribution is 0.0134. The lowest BCUT2D eigenvalue weighted by Crippen LogP contribution is -2.43. The molecule has 0 unspecified atom stereocenters. The summed E-state index contributed by atoms with van der Waals surface area (Å²) in [6, 6.07) is 17.9. The highest BCUT2D eigenvalue weighted by atomic mass is 16.4. The van der Waals surface area contributed by atoms with E-state index in [1.54, 1.807) is 18.2 Å². The number of amides is 1. The molecule has 2 aromatic carbocycles. The Bertz CT molecular complexity index is 1010. The van der Waals surface area contributed by atoms with Crippen LogP contribution in [0.3, 0.4) is 0 Å². The Morgan fingerprint density at radius 3 is 2.54 bits per heavy atom. The van der Waals surface area contributed by atoms with Gasteiger partial charge in [-0.05, 0) is 36.5 Å². The van der Waals surface area contributed by atoms with Gasteiger partial charge >= 0.3 is 5.63 Å². The molecule has 0 saturated heterocycles. The van der Waals surface area contributed by atoms with Crippen molar-refractivity contribution in [2.24, 2.45) is 5.92 Å². The SMILES string of the molecule is O=C(NC[C@](O)(c1ccccc1)C1CC1)c1cc2ccccc2oc1=O. The zero-order valence-corrected chi connectivity index (χ0v) is 14.1. The molecular formula is C21H19NO4.